The summed E-state index contributed by atoms with van der Waals surface area (Å²) in [5.41, 5.74) is 3.23. The number of hydrogen-bond acceptors (Lipinski definition) is 4. The van der Waals surface area contributed by atoms with Crippen LogP contribution in [0.15, 0.2) is 77.6 Å². The van der Waals surface area contributed by atoms with E-state index in [1.165, 1.54) is 12.5 Å². The Balaban J connectivity index is 1.47. The van der Waals surface area contributed by atoms with E-state index in [0.29, 0.717) is 18.7 Å². The van der Waals surface area contributed by atoms with Crippen molar-refractivity contribution in [2.24, 2.45) is 5.92 Å². The van der Waals surface area contributed by atoms with Gasteiger partial charge in [-0.25, -0.2) is 0 Å². The lowest BCUT2D eigenvalue weighted by Crippen LogP contribution is -2.43. The minimum absolute atomic E-state index is 0.0615. The molecule has 2 aromatic carbocycles. The van der Waals surface area contributed by atoms with E-state index in [2.05, 4.69) is 5.32 Å². The van der Waals surface area contributed by atoms with Gasteiger partial charge < -0.3 is 19.5 Å². The summed E-state index contributed by atoms with van der Waals surface area (Å²) >= 11 is 0. The molecule has 0 unspecified atom stereocenters. The van der Waals surface area contributed by atoms with Crippen LogP contribution in [-0.2, 0) is 4.79 Å². The molecule has 1 fully saturated rings. The Hall–Kier alpha value is -3.54. The Labute approximate surface area is 176 Å². The molecule has 154 valence electrons. The normalized spacial score (nSPS) is 16.2. The van der Waals surface area contributed by atoms with E-state index >= 15 is 0 Å². The Kier molecular flexibility index (Phi) is 5.84. The molecular weight excluding hydrogens is 378 g/mol. The molecule has 0 spiro atoms. The largest absolute Gasteiger partial charge is 0.472 e. The molecule has 0 bridgehead atoms. The third-order valence-corrected chi connectivity index (χ3v) is 5.51. The molecule has 2 amide bonds. The first-order chi connectivity index (χ1) is 14.6. The lowest BCUT2D eigenvalue weighted by atomic mass is 9.96. The van der Waals surface area contributed by atoms with Crippen LogP contribution in [-0.4, -0.2) is 36.9 Å². The number of hydrogen-bond donors (Lipinski definition) is 1. The Bertz CT molecular complexity index is 1000. The highest BCUT2D eigenvalue weighted by Gasteiger charge is 2.29. The van der Waals surface area contributed by atoms with Crippen molar-refractivity contribution >= 4 is 28.9 Å². The first-order valence-corrected chi connectivity index (χ1v) is 10.1. The van der Waals surface area contributed by atoms with Crippen molar-refractivity contribution in [2.45, 2.75) is 12.8 Å². The second-order valence-corrected chi connectivity index (χ2v) is 7.50. The molecule has 4 rings (SSSR count). The van der Waals surface area contributed by atoms with Gasteiger partial charge in [0.15, 0.2) is 0 Å². The predicted octanol–water partition coefficient (Wildman–Crippen LogP) is 4.54. The van der Waals surface area contributed by atoms with Crippen molar-refractivity contribution in [3.8, 4) is 0 Å². The number of benzene rings is 2. The molecule has 1 aromatic heterocycles. The highest BCUT2D eigenvalue weighted by atomic mass is 16.3. The summed E-state index contributed by atoms with van der Waals surface area (Å²) in [6, 6.07) is 19.4. The molecule has 1 aliphatic rings. The highest BCUT2D eigenvalue weighted by Crippen LogP contribution is 2.31. The van der Waals surface area contributed by atoms with Crippen LogP contribution in [0.4, 0.5) is 17.1 Å². The highest BCUT2D eigenvalue weighted by molar-refractivity contribution is 5.98. The molecule has 30 heavy (non-hydrogen) atoms. The molecule has 1 saturated heterocycles. The summed E-state index contributed by atoms with van der Waals surface area (Å²) in [6.07, 6.45) is 4.49. The van der Waals surface area contributed by atoms with Gasteiger partial charge in [-0.1, -0.05) is 30.3 Å². The van der Waals surface area contributed by atoms with Crippen LogP contribution < -0.4 is 10.2 Å². The van der Waals surface area contributed by atoms with Gasteiger partial charge >= 0.3 is 0 Å². The average Bonchev–Trinajstić information content (AvgIpc) is 3.34. The van der Waals surface area contributed by atoms with Gasteiger partial charge in [0.2, 0.25) is 5.91 Å². The maximum absolute atomic E-state index is 13.0. The van der Waals surface area contributed by atoms with Crippen LogP contribution >= 0.6 is 0 Å². The van der Waals surface area contributed by atoms with Gasteiger partial charge in [0.05, 0.1) is 29.1 Å². The van der Waals surface area contributed by atoms with Gasteiger partial charge in [-0.3, -0.25) is 9.59 Å². The molecule has 1 atom stereocenters. The summed E-state index contributed by atoms with van der Waals surface area (Å²) in [4.78, 5) is 29.4. The van der Waals surface area contributed by atoms with Gasteiger partial charge in [0.25, 0.3) is 5.91 Å². The maximum Gasteiger partial charge on any atom is 0.257 e. The number of furan rings is 1. The maximum atomic E-state index is 13.0. The molecule has 1 aliphatic heterocycles. The zero-order valence-corrected chi connectivity index (χ0v) is 17.0. The first-order valence-electron chi connectivity index (χ1n) is 10.1. The average molecular weight is 403 g/mol. The summed E-state index contributed by atoms with van der Waals surface area (Å²) in [6.45, 7) is 1.06. The van der Waals surface area contributed by atoms with E-state index in [1.807, 2.05) is 66.5 Å². The minimum Gasteiger partial charge on any atom is -0.472 e. The molecule has 0 saturated carbocycles. The molecule has 1 N–H and O–H groups in total. The fraction of sp³-hybridized carbons (Fsp3) is 0.250. The second kappa shape index (κ2) is 8.86. The third-order valence-electron chi connectivity index (χ3n) is 5.51. The Morgan fingerprint density at radius 3 is 2.60 bits per heavy atom. The monoisotopic (exact) mass is 403 g/mol. The van der Waals surface area contributed by atoms with E-state index in [1.54, 1.807) is 11.0 Å². The molecule has 2 heterocycles. The van der Waals surface area contributed by atoms with Crippen molar-refractivity contribution in [3.63, 3.8) is 0 Å². The standard InChI is InChI=1S/C24H25N3O3/c1-26(20-9-3-2-4-10-20)22-12-6-5-11-21(22)25-23(28)18-8-7-14-27(16-18)24(29)19-13-15-30-17-19/h2-6,9-13,15,17-18H,7-8,14,16H2,1H3,(H,25,28)/t18-/m0/s1. The van der Waals surface area contributed by atoms with Crippen molar-refractivity contribution in [3.05, 3.63) is 78.8 Å². The van der Waals surface area contributed by atoms with Gasteiger partial charge in [-0.2, -0.15) is 0 Å². The van der Waals surface area contributed by atoms with Crippen molar-refractivity contribution < 1.29 is 14.0 Å². The van der Waals surface area contributed by atoms with Gasteiger partial charge in [-0.05, 0) is 43.2 Å². The van der Waals surface area contributed by atoms with Gasteiger partial charge in [-0.15, -0.1) is 0 Å². The van der Waals surface area contributed by atoms with Gasteiger partial charge in [0, 0.05) is 25.8 Å². The number of amides is 2. The predicted molar refractivity (Wildman–Crippen MR) is 117 cm³/mol. The van der Waals surface area contributed by atoms with Gasteiger partial charge in [0.1, 0.15) is 6.26 Å². The summed E-state index contributed by atoms with van der Waals surface area (Å²) < 4.78 is 5.02. The molecule has 6 nitrogen and oxygen atoms in total. The fourth-order valence-electron chi connectivity index (χ4n) is 3.84. The zero-order chi connectivity index (χ0) is 20.9. The number of carbonyl (C=O) groups is 2. The Morgan fingerprint density at radius 1 is 1.07 bits per heavy atom. The molecular formula is C24H25N3O3. The van der Waals surface area contributed by atoms with E-state index in [4.69, 9.17) is 4.42 Å². The Morgan fingerprint density at radius 2 is 1.83 bits per heavy atom. The summed E-state index contributed by atoms with van der Waals surface area (Å²) in [7, 11) is 1.98. The van der Waals surface area contributed by atoms with Crippen LogP contribution in [0.5, 0.6) is 0 Å². The number of anilines is 3. The smallest absolute Gasteiger partial charge is 0.257 e. The topological polar surface area (TPSA) is 65.8 Å². The molecule has 0 radical (unpaired) electrons. The van der Waals surface area contributed by atoms with E-state index in [9.17, 15) is 9.59 Å². The molecule has 0 aliphatic carbocycles. The third kappa shape index (κ3) is 4.22. The number of nitrogens with zero attached hydrogens (tertiary/aromatic N) is 2. The van der Waals surface area contributed by atoms with E-state index < -0.39 is 0 Å². The number of rotatable bonds is 5. The number of piperidine rings is 1. The lowest BCUT2D eigenvalue weighted by Gasteiger charge is -2.32. The first kappa shape index (κ1) is 19.8. The van der Waals surface area contributed by atoms with Crippen LogP contribution in [0.2, 0.25) is 0 Å². The van der Waals surface area contributed by atoms with Crippen LogP contribution in [0.1, 0.15) is 23.2 Å². The number of para-hydroxylation sites is 3. The van der Waals surface area contributed by atoms with Crippen LogP contribution in [0, 0.1) is 5.92 Å². The van der Waals surface area contributed by atoms with E-state index in [0.717, 1.165) is 29.9 Å². The molecule has 6 heteroatoms. The zero-order valence-electron chi connectivity index (χ0n) is 17.0. The van der Waals surface area contributed by atoms with Crippen molar-refractivity contribution in [2.75, 3.05) is 30.4 Å². The summed E-state index contributed by atoms with van der Waals surface area (Å²) in [5.74, 6) is -0.399. The fourth-order valence-corrected chi connectivity index (χ4v) is 3.84. The number of likely N-dealkylation sites (tertiary alicyclic amines) is 1. The van der Waals surface area contributed by atoms with Crippen molar-refractivity contribution in [1.29, 1.82) is 0 Å². The van der Waals surface area contributed by atoms with Crippen molar-refractivity contribution in [1.82, 2.24) is 4.90 Å². The minimum atomic E-state index is -0.246. The van der Waals surface area contributed by atoms with Crippen LogP contribution in [0.25, 0.3) is 0 Å². The summed E-state index contributed by atoms with van der Waals surface area (Å²) in [5, 5.41) is 3.09. The number of carbonyl (C=O) groups excluding carboxylic acids is 2. The van der Waals surface area contributed by atoms with Crippen LogP contribution in [0.3, 0.4) is 0 Å². The molecule has 3 aromatic rings. The quantitative estimate of drug-likeness (QED) is 0.679. The number of nitrogens with one attached hydrogen (secondary N) is 1. The van der Waals surface area contributed by atoms with E-state index in [-0.39, 0.29) is 17.7 Å². The lowest BCUT2D eigenvalue weighted by molar-refractivity contribution is -0.121. The second-order valence-electron chi connectivity index (χ2n) is 7.50. The SMILES string of the molecule is CN(c1ccccc1)c1ccccc1NC(=O)[C@H]1CCCN(C(=O)c2ccoc2)C1.